The first-order chi connectivity index (χ1) is 6.72. The average molecular weight is 468 g/mol. The second-order valence-corrected chi connectivity index (χ2v) is 14.2. The Hall–Kier alpha value is 1.10. The molecule has 5 heteroatoms. The molecule has 0 aliphatic heterocycles. The second kappa shape index (κ2) is 7.43. The first kappa shape index (κ1) is 16.1. The molecule has 0 aromatic heterocycles. The van der Waals surface area contributed by atoms with Crippen molar-refractivity contribution in [3.63, 3.8) is 0 Å². The van der Waals surface area contributed by atoms with Gasteiger partial charge in [-0.15, -0.1) is 0 Å². The third-order valence-corrected chi connectivity index (χ3v) is 1.46. The van der Waals surface area contributed by atoms with Gasteiger partial charge in [0.1, 0.15) is 0 Å². The van der Waals surface area contributed by atoms with Crippen molar-refractivity contribution >= 4 is 63.7 Å². The van der Waals surface area contributed by atoms with Gasteiger partial charge in [0.25, 0.3) is 0 Å². The number of benzene rings is 1. The minimum Gasteiger partial charge on any atom is -0.392 e. The Balaban J connectivity index is 0.000000336. The van der Waals surface area contributed by atoms with Crippen molar-refractivity contribution in [2.75, 3.05) is 0 Å². The zero-order chi connectivity index (χ0) is 12.1. The van der Waals surface area contributed by atoms with Crippen LogP contribution in [-0.2, 0) is 6.61 Å². The number of aliphatic hydroxyl groups excluding tert-OH is 1. The zero-order valence-corrected chi connectivity index (χ0v) is 14.7. The summed E-state index contributed by atoms with van der Waals surface area (Å²) in [5.74, 6) is 0. The van der Waals surface area contributed by atoms with E-state index in [1.165, 1.54) is 11.1 Å². The molecule has 0 atom stereocenters. The fraction of sp³-hybridized carbons (Fsp3) is 0.400. The summed E-state index contributed by atoms with van der Waals surface area (Å²) < 4.78 is -0.250. The molecule has 0 bridgehead atoms. The van der Waals surface area contributed by atoms with Crippen LogP contribution in [0.1, 0.15) is 16.7 Å². The molecule has 0 spiro atoms. The number of aryl methyl sites for hydroxylation is 2. The molecule has 1 aromatic rings. The summed E-state index contributed by atoms with van der Waals surface area (Å²) in [5.41, 5.74) is 3.42. The number of alkyl halides is 4. The molecule has 0 aliphatic carbocycles. The summed E-state index contributed by atoms with van der Waals surface area (Å²) in [6, 6.07) is 6.08. The standard InChI is InChI=1S/C9H12O.CBr4/c1-7-3-8(2)5-9(4-7)6-10;2-1(3,4)5/h3-5,10H,6H2,1-2H3;. The second-order valence-electron chi connectivity index (χ2n) is 3.08. The van der Waals surface area contributed by atoms with Crippen molar-refractivity contribution in [3.8, 4) is 0 Å². The number of hydrogen-bond acceptors (Lipinski definition) is 1. The maximum Gasteiger partial charge on any atom is 0.189 e. The zero-order valence-electron chi connectivity index (χ0n) is 8.40. The normalized spacial score (nSPS) is 10.6. The molecule has 1 rings (SSSR count). The fourth-order valence-corrected chi connectivity index (χ4v) is 1.16. The first-order valence-corrected chi connectivity index (χ1v) is 7.33. The van der Waals surface area contributed by atoms with Gasteiger partial charge in [-0.1, -0.05) is 29.3 Å². The van der Waals surface area contributed by atoms with E-state index in [1.54, 1.807) is 0 Å². The predicted molar refractivity (Wildman–Crippen MR) is 80.3 cm³/mol. The Morgan fingerprint density at radius 1 is 1.00 bits per heavy atom. The molecular formula is C10H12Br4O. The van der Waals surface area contributed by atoms with Crippen LogP contribution in [0, 0.1) is 13.8 Å². The van der Waals surface area contributed by atoms with E-state index < -0.39 is 0 Å². The van der Waals surface area contributed by atoms with Gasteiger partial charge in [-0.3, -0.25) is 0 Å². The summed E-state index contributed by atoms with van der Waals surface area (Å²) in [6.07, 6.45) is 0. The van der Waals surface area contributed by atoms with Crippen molar-refractivity contribution in [2.45, 2.75) is 21.5 Å². The molecule has 0 amide bonds. The lowest BCUT2D eigenvalue weighted by molar-refractivity contribution is 0.281. The van der Waals surface area contributed by atoms with Gasteiger partial charge in [0, 0.05) is 0 Å². The van der Waals surface area contributed by atoms with Crippen LogP contribution in [-0.4, -0.2) is 6.16 Å². The van der Waals surface area contributed by atoms with E-state index in [0.29, 0.717) is 0 Å². The third kappa shape index (κ3) is 11.4. The molecule has 86 valence electrons. The number of hydrogen-bond donors (Lipinski definition) is 1. The molecule has 0 unspecified atom stereocenters. The lowest BCUT2D eigenvalue weighted by atomic mass is 10.1. The van der Waals surface area contributed by atoms with Gasteiger partial charge in [0.15, 0.2) is 1.05 Å². The van der Waals surface area contributed by atoms with Crippen LogP contribution >= 0.6 is 63.7 Å². The van der Waals surface area contributed by atoms with E-state index in [-0.39, 0.29) is 7.66 Å². The van der Waals surface area contributed by atoms with Crippen molar-refractivity contribution in [3.05, 3.63) is 34.9 Å². The number of rotatable bonds is 1. The Kier molecular flexibility index (Phi) is 7.98. The lowest BCUT2D eigenvalue weighted by Crippen LogP contribution is -1.85. The van der Waals surface area contributed by atoms with Gasteiger partial charge < -0.3 is 5.11 Å². The van der Waals surface area contributed by atoms with Crippen molar-refractivity contribution in [1.82, 2.24) is 0 Å². The largest absolute Gasteiger partial charge is 0.392 e. The molecule has 0 aliphatic rings. The molecule has 0 saturated heterocycles. The first-order valence-electron chi connectivity index (χ1n) is 4.16. The maximum atomic E-state index is 8.79. The molecule has 1 nitrogen and oxygen atoms in total. The van der Waals surface area contributed by atoms with Crippen LogP contribution in [0.25, 0.3) is 0 Å². The van der Waals surface area contributed by atoms with E-state index in [2.05, 4.69) is 69.8 Å². The minimum absolute atomic E-state index is 0.141. The molecule has 1 aromatic carbocycles. The van der Waals surface area contributed by atoms with Gasteiger partial charge in [-0.05, 0) is 83.1 Å². The van der Waals surface area contributed by atoms with E-state index in [0.717, 1.165) is 5.56 Å². The highest BCUT2D eigenvalue weighted by Gasteiger charge is 2.08. The molecule has 0 radical (unpaired) electrons. The smallest absolute Gasteiger partial charge is 0.189 e. The molecule has 15 heavy (non-hydrogen) atoms. The Bertz CT molecular complexity index is 281. The van der Waals surface area contributed by atoms with Crippen molar-refractivity contribution in [2.24, 2.45) is 0 Å². The Labute approximate surface area is 124 Å². The monoisotopic (exact) mass is 464 g/mol. The maximum absolute atomic E-state index is 8.79. The highest BCUT2D eigenvalue weighted by Crippen LogP contribution is 2.39. The Morgan fingerprint density at radius 3 is 1.60 bits per heavy atom. The van der Waals surface area contributed by atoms with Crippen LogP contribution in [0.2, 0.25) is 0 Å². The van der Waals surface area contributed by atoms with Crippen molar-refractivity contribution in [1.29, 1.82) is 0 Å². The van der Waals surface area contributed by atoms with E-state index >= 15 is 0 Å². The summed E-state index contributed by atoms with van der Waals surface area (Å²) in [4.78, 5) is 0. The summed E-state index contributed by atoms with van der Waals surface area (Å²) in [6.45, 7) is 4.21. The summed E-state index contributed by atoms with van der Waals surface area (Å²) in [5, 5.41) is 8.79. The van der Waals surface area contributed by atoms with Gasteiger partial charge in [-0.2, -0.15) is 0 Å². The minimum atomic E-state index is -0.250. The van der Waals surface area contributed by atoms with Crippen LogP contribution in [0.5, 0.6) is 0 Å². The molecular weight excluding hydrogens is 456 g/mol. The molecule has 0 fully saturated rings. The van der Waals surface area contributed by atoms with Gasteiger partial charge in [0.2, 0.25) is 0 Å². The highest BCUT2D eigenvalue weighted by atomic mass is 80.0. The summed E-state index contributed by atoms with van der Waals surface area (Å²) in [7, 11) is 0. The molecule has 0 heterocycles. The third-order valence-electron chi connectivity index (χ3n) is 1.46. The van der Waals surface area contributed by atoms with Gasteiger partial charge in [0.05, 0.1) is 6.61 Å². The lowest BCUT2D eigenvalue weighted by Gasteiger charge is -1.99. The predicted octanol–water partition coefficient (Wildman–Crippen LogP) is 4.97. The van der Waals surface area contributed by atoms with Crippen LogP contribution in [0.15, 0.2) is 18.2 Å². The highest BCUT2D eigenvalue weighted by molar-refractivity contribution is 9.52. The molecule has 0 saturated carbocycles. The van der Waals surface area contributed by atoms with Gasteiger partial charge >= 0.3 is 0 Å². The fourth-order valence-electron chi connectivity index (χ4n) is 1.16. The van der Waals surface area contributed by atoms with Crippen LogP contribution < -0.4 is 0 Å². The Morgan fingerprint density at radius 2 is 1.33 bits per heavy atom. The number of aliphatic hydroxyl groups is 1. The van der Waals surface area contributed by atoms with E-state index in [1.807, 2.05) is 26.0 Å². The molecule has 1 N–H and O–H groups in total. The van der Waals surface area contributed by atoms with Crippen molar-refractivity contribution < 1.29 is 5.11 Å². The van der Waals surface area contributed by atoms with Gasteiger partial charge in [-0.25, -0.2) is 0 Å². The van der Waals surface area contributed by atoms with Crippen LogP contribution in [0.4, 0.5) is 0 Å². The number of halogens is 4. The topological polar surface area (TPSA) is 20.2 Å². The summed E-state index contributed by atoms with van der Waals surface area (Å²) >= 11 is 12.5. The van der Waals surface area contributed by atoms with Crippen LogP contribution in [0.3, 0.4) is 0 Å². The quantitative estimate of drug-likeness (QED) is 0.578. The average Bonchev–Trinajstić information content (AvgIpc) is 1.99. The van der Waals surface area contributed by atoms with E-state index in [9.17, 15) is 0 Å². The van der Waals surface area contributed by atoms with E-state index in [4.69, 9.17) is 5.11 Å². The SMILES string of the molecule is BrC(Br)(Br)Br.Cc1cc(C)cc(CO)c1.